The molecule has 0 amide bonds. The van der Waals surface area contributed by atoms with Gasteiger partial charge < -0.3 is 15.7 Å². The van der Waals surface area contributed by atoms with Crippen LogP contribution in [0.1, 0.15) is 6.42 Å². The molecule has 0 atom stereocenters. The van der Waals surface area contributed by atoms with Crippen LogP contribution in [0.2, 0.25) is 5.02 Å². The van der Waals surface area contributed by atoms with Crippen molar-refractivity contribution in [3.8, 4) is 5.75 Å². The maximum atomic E-state index is 13.2. The Labute approximate surface area is 91.1 Å². The number of hydrogen-bond acceptors (Lipinski definition) is 3. The Kier molecular flexibility index (Phi) is 4.17. The third-order valence-corrected chi connectivity index (χ3v) is 1.95. The van der Waals surface area contributed by atoms with E-state index in [1.54, 1.807) is 6.07 Å². The number of ether oxygens (including phenoxy) is 1. The highest BCUT2D eigenvalue weighted by Gasteiger charge is 2.06. The minimum Gasteiger partial charge on any atom is -0.490 e. The summed E-state index contributed by atoms with van der Waals surface area (Å²) in [6.07, 6.45) is 0.211. The van der Waals surface area contributed by atoms with Gasteiger partial charge in [-0.1, -0.05) is 22.8 Å². The van der Waals surface area contributed by atoms with Gasteiger partial charge in [-0.3, -0.25) is 0 Å². The van der Waals surface area contributed by atoms with Gasteiger partial charge in [0.1, 0.15) is 5.84 Å². The van der Waals surface area contributed by atoms with Crippen molar-refractivity contribution in [1.82, 2.24) is 0 Å². The Morgan fingerprint density at radius 1 is 1.60 bits per heavy atom. The van der Waals surface area contributed by atoms with Gasteiger partial charge in [-0.05, 0) is 12.1 Å². The molecule has 15 heavy (non-hydrogen) atoms. The van der Waals surface area contributed by atoms with E-state index in [1.807, 2.05) is 0 Å². The topological polar surface area (TPSA) is 67.8 Å². The first-order valence-electron chi connectivity index (χ1n) is 4.18. The molecule has 0 aliphatic rings. The number of nitrogens with two attached hydrogens (primary N) is 1. The molecule has 4 nitrogen and oxygen atoms in total. The zero-order valence-electron chi connectivity index (χ0n) is 7.78. The van der Waals surface area contributed by atoms with Crippen molar-refractivity contribution in [1.29, 1.82) is 0 Å². The number of nitrogens with zero attached hydrogens (tertiary/aromatic N) is 1. The Morgan fingerprint density at radius 3 is 3.00 bits per heavy atom. The second-order valence-electron chi connectivity index (χ2n) is 2.74. The van der Waals surface area contributed by atoms with Crippen LogP contribution >= 0.6 is 11.6 Å². The van der Waals surface area contributed by atoms with Crippen LogP contribution in [0.15, 0.2) is 23.4 Å². The number of benzene rings is 1. The van der Waals surface area contributed by atoms with E-state index < -0.39 is 5.82 Å². The summed E-state index contributed by atoms with van der Waals surface area (Å²) in [5.74, 6) is -0.538. The van der Waals surface area contributed by atoms with Gasteiger partial charge in [-0.15, -0.1) is 0 Å². The number of amidine groups is 1. The molecule has 0 unspecified atom stereocenters. The van der Waals surface area contributed by atoms with Gasteiger partial charge in [-0.25, -0.2) is 4.39 Å². The molecule has 0 aromatic heterocycles. The minimum absolute atomic E-state index is 0.00343. The summed E-state index contributed by atoms with van der Waals surface area (Å²) in [6.45, 7) is 0.118. The summed E-state index contributed by atoms with van der Waals surface area (Å²) in [7, 11) is 0. The van der Waals surface area contributed by atoms with Crippen molar-refractivity contribution in [3.05, 3.63) is 29.0 Å². The molecule has 1 rings (SSSR count). The highest BCUT2D eigenvalue weighted by molar-refractivity contribution is 6.30. The highest BCUT2D eigenvalue weighted by Crippen LogP contribution is 2.23. The maximum Gasteiger partial charge on any atom is 0.183 e. The van der Waals surface area contributed by atoms with E-state index in [-0.39, 0.29) is 29.6 Å². The molecule has 0 saturated carbocycles. The summed E-state index contributed by atoms with van der Waals surface area (Å²) in [5.41, 5.74) is 5.21. The molecule has 1 aromatic carbocycles. The Bertz CT molecular complexity index is 371. The summed E-state index contributed by atoms with van der Waals surface area (Å²) in [4.78, 5) is 0. The summed E-state index contributed by atoms with van der Waals surface area (Å²) < 4.78 is 18.3. The Balaban J connectivity index is 2.55. The molecular weight excluding hydrogens is 223 g/mol. The van der Waals surface area contributed by atoms with E-state index in [0.717, 1.165) is 0 Å². The lowest BCUT2D eigenvalue weighted by atomic mass is 10.3. The molecule has 3 N–H and O–H groups in total. The molecule has 0 bridgehead atoms. The molecule has 0 radical (unpaired) electrons. The Hall–Kier alpha value is -1.49. The highest BCUT2D eigenvalue weighted by atomic mass is 35.5. The van der Waals surface area contributed by atoms with Crippen molar-refractivity contribution in [2.24, 2.45) is 10.9 Å². The third kappa shape index (κ3) is 3.28. The summed E-state index contributed by atoms with van der Waals surface area (Å²) in [5, 5.41) is 11.0. The Morgan fingerprint density at radius 2 is 2.33 bits per heavy atom. The average Bonchev–Trinajstić information content (AvgIpc) is 2.24. The van der Waals surface area contributed by atoms with Crippen LogP contribution in [0, 0.1) is 5.82 Å². The van der Waals surface area contributed by atoms with E-state index in [0.29, 0.717) is 0 Å². The van der Waals surface area contributed by atoms with Crippen LogP contribution in [0.5, 0.6) is 5.75 Å². The normalized spacial score (nSPS) is 11.5. The molecule has 0 aliphatic heterocycles. The standard InChI is InChI=1S/C9H10ClFN2O2/c10-6-2-1-3-7(9(6)11)15-5-4-8(12)13-14/h1-3,14H,4-5H2,(H2,12,13). The molecule has 6 heteroatoms. The van der Waals surface area contributed by atoms with Gasteiger partial charge in [0.2, 0.25) is 0 Å². The molecule has 0 heterocycles. The van der Waals surface area contributed by atoms with Crippen LogP contribution < -0.4 is 10.5 Å². The van der Waals surface area contributed by atoms with E-state index in [4.69, 9.17) is 27.3 Å². The fourth-order valence-electron chi connectivity index (χ4n) is 0.911. The lowest BCUT2D eigenvalue weighted by molar-refractivity contribution is 0.298. The second-order valence-corrected chi connectivity index (χ2v) is 3.15. The van der Waals surface area contributed by atoms with Crippen molar-refractivity contribution < 1.29 is 14.3 Å². The van der Waals surface area contributed by atoms with Crippen LogP contribution in [0.3, 0.4) is 0 Å². The van der Waals surface area contributed by atoms with E-state index in [1.165, 1.54) is 12.1 Å². The minimum atomic E-state index is -0.612. The number of rotatable bonds is 4. The maximum absolute atomic E-state index is 13.2. The van der Waals surface area contributed by atoms with Gasteiger partial charge in [0, 0.05) is 6.42 Å². The first-order chi connectivity index (χ1) is 7.15. The van der Waals surface area contributed by atoms with E-state index in [2.05, 4.69) is 5.16 Å². The average molecular weight is 233 g/mol. The number of halogens is 2. The smallest absolute Gasteiger partial charge is 0.183 e. The molecule has 82 valence electrons. The van der Waals surface area contributed by atoms with E-state index in [9.17, 15) is 4.39 Å². The van der Waals surface area contributed by atoms with Crippen molar-refractivity contribution in [3.63, 3.8) is 0 Å². The van der Waals surface area contributed by atoms with Gasteiger partial charge in [0.15, 0.2) is 11.6 Å². The SMILES string of the molecule is N/C(CCOc1cccc(Cl)c1F)=N/O. The quantitative estimate of drug-likeness (QED) is 0.361. The number of oxime groups is 1. The predicted octanol–water partition coefficient (Wildman–Crippen LogP) is 1.99. The number of hydrogen-bond donors (Lipinski definition) is 2. The van der Waals surface area contributed by atoms with Crippen LogP contribution in [0.4, 0.5) is 4.39 Å². The van der Waals surface area contributed by atoms with Crippen molar-refractivity contribution >= 4 is 17.4 Å². The zero-order chi connectivity index (χ0) is 11.3. The van der Waals surface area contributed by atoms with Gasteiger partial charge in [-0.2, -0.15) is 0 Å². The predicted molar refractivity (Wildman–Crippen MR) is 54.9 cm³/mol. The monoisotopic (exact) mass is 232 g/mol. The van der Waals surface area contributed by atoms with Crippen molar-refractivity contribution in [2.45, 2.75) is 6.42 Å². The molecule has 0 saturated heterocycles. The molecule has 0 spiro atoms. The summed E-state index contributed by atoms with van der Waals surface area (Å²) in [6, 6.07) is 4.45. The van der Waals surface area contributed by atoms with Crippen LogP contribution in [-0.2, 0) is 0 Å². The lowest BCUT2D eigenvalue weighted by Crippen LogP contribution is -2.15. The summed E-state index contributed by atoms with van der Waals surface area (Å²) >= 11 is 5.54. The lowest BCUT2D eigenvalue weighted by Gasteiger charge is -2.06. The van der Waals surface area contributed by atoms with Crippen LogP contribution in [-0.4, -0.2) is 17.6 Å². The first kappa shape index (κ1) is 11.6. The zero-order valence-corrected chi connectivity index (χ0v) is 8.54. The first-order valence-corrected chi connectivity index (χ1v) is 4.56. The van der Waals surface area contributed by atoms with Gasteiger partial charge in [0.05, 0.1) is 11.6 Å². The van der Waals surface area contributed by atoms with Gasteiger partial charge >= 0.3 is 0 Å². The molecule has 0 fully saturated rings. The molecule has 1 aromatic rings. The van der Waals surface area contributed by atoms with E-state index >= 15 is 0 Å². The fourth-order valence-corrected chi connectivity index (χ4v) is 1.08. The van der Waals surface area contributed by atoms with Crippen molar-refractivity contribution in [2.75, 3.05) is 6.61 Å². The second kappa shape index (κ2) is 5.41. The molecular formula is C9H10ClFN2O2. The van der Waals surface area contributed by atoms with Crippen LogP contribution in [0.25, 0.3) is 0 Å². The largest absolute Gasteiger partial charge is 0.490 e. The van der Waals surface area contributed by atoms with Gasteiger partial charge in [0.25, 0.3) is 0 Å². The third-order valence-electron chi connectivity index (χ3n) is 1.66. The fraction of sp³-hybridized carbons (Fsp3) is 0.222. The molecule has 0 aliphatic carbocycles.